The minimum atomic E-state index is -0.117. The van der Waals surface area contributed by atoms with Crippen molar-refractivity contribution >= 4 is 11.6 Å². The highest BCUT2D eigenvalue weighted by Gasteiger charge is 2.15. The van der Waals surface area contributed by atoms with Gasteiger partial charge in [-0.15, -0.1) is 0 Å². The Bertz CT molecular complexity index is 586. The molecule has 1 fully saturated rings. The summed E-state index contributed by atoms with van der Waals surface area (Å²) in [6.07, 6.45) is 9.87. The van der Waals surface area contributed by atoms with E-state index in [1.807, 2.05) is 12.1 Å². The van der Waals surface area contributed by atoms with Crippen molar-refractivity contribution in [2.24, 2.45) is 0 Å². The first-order chi connectivity index (χ1) is 10.3. The van der Waals surface area contributed by atoms with Gasteiger partial charge in [0.2, 0.25) is 0 Å². The Morgan fingerprint density at radius 2 is 1.81 bits per heavy atom. The Labute approximate surface area is 125 Å². The Kier molecular flexibility index (Phi) is 4.29. The number of anilines is 1. The van der Waals surface area contributed by atoms with E-state index in [-0.39, 0.29) is 5.91 Å². The van der Waals surface area contributed by atoms with Gasteiger partial charge in [-0.3, -0.25) is 9.78 Å². The molecule has 1 heterocycles. The van der Waals surface area contributed by atoms with Gasteiger partial charge in [-0.25, -0.2) is 0 Å². The maximum atomic E-state index is 12.0. The van der Waals surface area contributed by atoms with E-state index in [0.717, 1.165) is 5.69 Å². The van der Waals surface area contributed by atoms with Gasteiger partial charge in [0.1, 0.15) is 0 Å². The topological polar surface area (TPSA) is 42.0 Å². The molecule has 0 unspecified atom stereocenters. The van der Waals surface area contributed by atoms with Gasteiger partial charge in [0.05, 0.1) is 5.56 Å². The van der Waals surface area contributed by atoms with Crippen LogP contribution in [0.5, 0.6) is 0 Å². The number of hydrogen-bond acceptors (Lipinski definition) is 2. The first-order valence-electron chi connectivity index (χ1n) is 7.64. The van der Waals surface area contributed by atoms with E-state index in [1.165, 1.54) is 37.7 Å². The number of pyridine rings is 1. The fraction of sp³-hybridized carbons (Fsp3) is 0.333. The SMILES string of the molecule is O=C(Nc1ccc(C2CCCCC2)cc1)c1cccnc1. The first kappa shape index (κ1) is 13.8. The lowest BCUT2D eigenvalue weighted by molar-refractivity contribution is 0.102. The quantitative estimate of drug-likeness (QED) is 0.906. The third-order valence-electron chi connectivity index (χ3n) is 4.17. The second-order valence-electron chi connectivity index (χ2n) is 5.65. The van der Waals surface area contributed by atoms with Crippen LogP contribution in [0.15, 0.2) is 48.8 Å². The van der Waals surface area contributed by atoms with Crippen molar-refractivity contribution in [1.29, 1.82) is 0 Å². The van der Waals surface area contributed by atoms with Crippen molar-refractivity contribution in [1.82, 2.24) is 4.98 Å². The van der Waals surface area contributed by atoms with Crippen molar-refractivity contribution < 1.29 is 4.79 Å². The summed E-state index contributed by atoms with van der Waals surface area (Å²) in [4.78, 5) is 16.0. The normalized spacial score (nSPS) is 15.6. The lowest BCUT2D eigenvalue weighted by Gasteiger charge is -2.22. The number of nitrogens with one attached hydrogen (secondary N) is 1. The highest BCUT2D eigenvalue weighted by Crippen LogP contribution is 2.32. The molecule has 2 aromatic rings. The number of carbonyl (C=O) groups excluding carboxylic acids is 1. The largest absolute Gasteiger partial charge is 0.322 e. The third kappa shape index (κ3) is 3.48. The first-order valence-corrected chi connectivity index (χ1v) is 7.64. The van der Waals surface area contributed by atoms with Crippen molar-refractivity contribution in [2.75, 3.05) is 5.32 Å². The summed E-state index contributed by atoms with van der Waals surface area (Å²) in [5.41, 5.74) is 2.81. The van der Waals surface area contributed by atoms with Gasteiger partial charge in [0.15, 0.2) is 0 Å². The average molecular weight is 280 g/mol. The van der Waals surface area contributed by atoms with Gasteiger partial charge < -0.3 is 5.32 Å². The fourth-order valence-corrected chi connectivity index (χ4v) is 2.97. The highest BCUT2D eigenvalue weighted by atomic mass is 16.1. The van der Waals surface area contributed by atoms with Crippen LogP contribution in [-0.2, 0) is 0 Å². The molecule has 3 rings (SSSR count). The zero-order chi connectivity index (χ0) is 14.5. The van der Waals surface area contributed by atoms with E-state index >= 15 is 0 Å². The van der Waals surface area contributed by atoms with Crippen LogP contribution in [0.2, 0.25) is 0 Å². The van der Waals surface area contributed by atoms with Crippen LogP contribution in [0, 0.1) is 0 Å². The van der Waals surface area contributed by atoms with Crippen LogP contribution in [0.25, 0.3) is 0 Å². The van der Waals surface area contributed by atoms with Crippen LogP contribution in [0.3, 0.4) is 0 Å². The molecule has 0 atom stereocenters. The van der Waals surface area contributed by atoms with Crippen LogP contribution in [-0.4, -0.2) is 10.9 Å². The van der Waals surface area contributed by atoms with Gasteiger partial charge in [-0.05, 0) is 48.6 Å². The number of hydrogen-bond donors (Lipinski definition) is 1. The van der Waals surface area contributed by atoms with Crippen LogP contribution in [0.4, 0.5) is 5.69 Å². The van der Waals surface area contributed by atoms with E-state index in [1.54, 1.807) is 24.5 Å². The second kappa shape index (κ2) is 6.53. The lowest BCUT2D eigenvalue weighted by atomic mass is 9.84. The van der Waals surface area contributed by atoms with E-state index in [9.17, 15) is 4.79 Å². The molecule has 1 aliphatic rings. The molecule has 1 N–H and O–H groups in total. The molecule has 1 aliphatic carbocycles. The molecular weight excluding hydrogens is 260 g/mol. The maximum Gasteiger partial charge on any atom is 0.257 e. The molecule has 0 spiro atoms. The van der Waals surface area contributed by atoms with Crippen LogP contribution >= 0.6 is 0 Å². The van der Waals surface area contributed by atoms with E-state index in [0.29, 0.717) is 11.5 Å². The average Bonchev–Trinajstić information content (AvgIpc) is 2.57. The Morgan fingerprint density at radius 3 is 2.48 bits per heavy atom. The second-order valence-corrected chi connectivity index (χ2v) is 5.65. The summed E-state index contributed by atoms with van der Waals surface area (Å²) in [5, 5.41) is 2.91. The van der Waals surface area contributed by atoms with E-state index in [4.69, 9.17) is 0 Å². The van der Waals surface area contributed by atoms with Gasteiger partial charge in [-0.2, -0.15) is 0 Å². The molecular formula is C18H20N2O. The smallest absolute Gasteiger partial charge is 0.257 e. The molecule has 1 aromatic heterocycles. The molecule has 0 bridgehead atoms. The predicted octanol–water partition coefficient (Wildman–Crippen LogP) is 4.38. The number of benzene rings is 1. The van der Waals surface area contributed by atoms with Crippen molar-refractivity contribution in [3.05, 3.63) is 59.9 Å². The lowest BCUT2D eigenvalue weighted by Crippen LogP contribution is -2.12. The molecule has 1 amide bonds. The van der Waals surface area contributed by atoms with E-state index in [2.05, 4.69) is 22.4 Å². The standard InChI is InChI=1S/C18H20N2O/c21-18(16-7-4-12-19-13-16)20-17-10-8-15(9-11-17)14-5-2-1-3-6-14/h4,7-14H,1-3,5-6H2,(H,20,21). The predicted molar refractivity (Wildman–Crippen MR) is 84.5 cm³/mol. The molecule has 21 heavy (non-hydrogen) atoms. The molecule has 1 aromatic carbocycles. The number of amides is 1. The minimum Gasteiger partial charge on any atom is -0.322 e. The molecule has 3 nitrogen and oxygen atoms in total. The fourth-order valence-electron chi connectivity index (χ4n) is 2.97. The van der Waals surface area contributed by atoms with Crippen molar-refractivity contribution in [2.45, 2.75) is 38.0 Å². The van der Waals surface area contributed by atoms with Crippen LogP contribution < -0.4 is 5.32 Å². The number of carbonyl (C=O) groups is 1. The Balaban J connectivity index is 1.65. The van der Waals surface area contributed by atoms with E-state index < -0.39 is 0 Å². The Morgan fingerprint density at radius 1 is 1.05 bits per heavy atom. The summed E-state index contributed by atoms with van der Waals surface area (Å²) in [5.74, 6) is 0.579. The summed E-state index contributed by atoms with van der Waals surface area (Å²) in [6.45, 7) is 0. The summed E-state index contributed by atoms with van der Waals surface area (Å²) in [7, 11) is 0. The molecule has 108 valence electrons. The van der Waals surface area contributed by atoms with Gasteiger partial charge in [-0.1, -0.05) is 31.4 Å². The monoisotopic (exact) mass is 280 g/mol. The third-order valence-corrected chi connectivity index (χ3v) is 4.17. The number of nitrogens with zero attached hydrogens (tertiary/aromatic N) is 1. The Hall–Kier alpha value is -2.16. The van der Waals surface area contributed by atoms with Gasteiger partial charge >= 0.3 is 0 Å². The van der Waals surface area contributed by atoms with Gasteiger partial charge in [0.25, 0.3) is 5.91 Å². The number of rotatable bonds is 3. The molecule has 3 heteroatoms. The van der Waals surface area contributed by atoms with Crippen LogP contribution in [0.1, 0.15) is 53.9 Å². The molecule has 0 radical (unpaired) electrons. The summed E-state index contributed by atoms with van der Waals surface area (Å²) < 4.78 is 0. The zero-order valence-electron chi connectivity index (χ0n) is 12.1. The highest BCUT2D eigenvalue weighted by molar-refractivity contribution is 6.03. The molecule has 0 aliphatic heterocycles. The maximum absolute atomic E-state index is 12.0. The van der Waals surface area contributed by atoms with Crippen molar-refractivity contribution in [3.63, 3.8) is 0 Å². The van der Waals surface area contributed by atoms with Gasteiger partial charge in [0, 0.05) is 18.1 Å². The molecule has 1 saturated carbocycles. The summed E-state index contributed by atoms with van der Waals surface area (Å²) in [6, 6.07) is 11.8. The number of aromatic nitrogens is 1. The molecule has 0 saturated heterocycles. The summed E-state index contributed by atoms with van der Waals surface area (Å²) >= 11 is 0. The minimum absolute atomic E-state index is 0.117. The zero-order valence-corrected chi connectivity index (χ0v) is 12.1. The van der Waals surface area contributed by atoms with Crippen molar-refractivity contribution in [3.8, 4) is 0 Å².